The number of carbonyl (C=O) groups is 1. The summed E-state index contributed by atoms with van der Waals surface area (Å²) in [6, 6.07) is 14.0. The maximum Gasteiger partial charge on any atom is 0.317 e. The number of rotatable bonds is 6. The molecular formula is C21H22N2O3S. The smallest absolute Gasteiger partial charge is 0.317 e. The van der Waals surface area contributed by atoms with Crippen LogP contribution in [0.2, 0.25) is 0 Å². The number of aryl methyl sites for hydroxylation is 3. The van der Waals surface area contributed by atoms with Gasteiger partial charge >= 0.3 is 5.97 Å². The number of hydrogen-bond donors (Lipinski definition) is 0. The Morgan fingerprint density at radius 3 is 2.48 bits per heavy atom. The molecule has 1 atom stereocenters. The molecule has 6 heteroatoms. The normalized spacial score (nSPS) is 12.0. The van der Waals surface area contributed by atoms with Gasteiger partial charge in [-0.3, -0.25) is 4.79 Å². The molecule has 0 unspecified atom stereocenters. The monoisotopic (exact) mass is 382 g/mol. The Balaban J connectivity index is 1.57. The summed E-state index contributed by atoms with van der Waals surface area (Å²) in [4.78, 5) is 13.2. The minimum atomic E-state index is -0.594. The van der Waals surface area contributed by atoms with Crippen molar-refractivity contribution in [3.05, 3.63) is 65.0 Å². The van der Waals surface area contributed by atoms with Crippen LogP contribution in [0.4, 0.5) is 0 Å². The number of nitrogens with zero attached hydrogens (tertiary/aromatic N) is 2. The average molecular weight is 382 g/mol. The largest absolute Gasteiger partial charge is 0.452 e. The van der Waals surface area contributed by atoms with E-state index in [0.717, 1.165) is 21.6 Å². The Bertz CT molecular complexity index is 935. The zero-order valence-electron chi connectivity index (χ0n) is 15.9. The summed E-state index contributed by atoms with van der Waals surface area (Å²) in [5.74, 6) is 0.614. The Kier molecular flexibility index (Phi) is 5.96. The van der Waals surface area contributed by atoms with E-state index in [4.69, 9.17) is 9.15 Å². The second-order valence-electron chi connectivity index (χ2n) is 6.50. The Morgan fingerprint density at radius 1 is 1.07 bits per heavy atom. The van der Waals surface area contributed by atoms with Crippen LogP contribution in [0.25, 0.3) is 11.5 Å². The lowest BCUT2D eigenvalue weighted by Gasteiger charge is -2.10. The first-order valence-electron chi connectivity index (χ1n) is 8.72. The predicted molar refractivity (Wildman–Crippen MR) is 106 cm³/mol. The van der Waals surface area contributed by atoms with Crippen LogP contribution in [0.1, 0.15) is 35.6 Å². The standard InChI is InChI=1S/C21H22N2O3S/c1-13-5-8-17(9-6-13)21-23-22-20(26-21)16(4)25-19(24)12-27-18-10-7-14(2)11-15(18)3/h5-11,16H,12H2,1-4H3/t16-/m0/s1. The molecule has 0 bridgehead atoms. The molecule has 0 saturated heterocycles. The van der Waals surface area contributed by atoms with Crippen molar-refractivity contribution in [2.75, 3.05) is 5.75 Å². The Morgan fingerprint density at radius 2 is 1.78 bits per heavy atom. The van der Waals surface area contributed by atoms with Crippen LogP contribution in [0.5, 0.6) is 0 Å². The summed E-state index contributed by atoms with van der Waals surface area (Å²) >= 11 is 1.46. The first-order chi connectivity index (χ1) is 12.9. The van der Waals surface area contributed by atoms with Crippen LogP contribution in [0.3, 0.4) is 0 Å². The summed E-state index contributed by atoms with van der Waals surface area (Å²) in [5.41, 5.74) is 4.35. The molecule has 1 heterocycles. The molecule has 0 aliphatic carbocycles. The molecule has 0 N–H and O–H groups in total. The topological polar surface area (TPSA) is 65.2 Å². The fourth-order valence-electron chi connectivity index (χ4n) is 2.59. The quantitative estimate of drug-likeness (QED) is 0.439. The van der Waals surface area contributed by atoms with Crippen molar-refractivity contribution in [2.24, 2.45) is 0 Å². The number of hydrogen-bond acceptors (Lipinski definition) is 6. The van der Waals surface area contributed by atoms with E-state index in [2.05, 4.69) is 16.3 Å². The van der Waals surface area contributed by atoms with E-state index in [0.29, 0.717) is 5.89 Å². The lowest BCUT2D eigenvalue weighted by Crippen LogP contribution is -2.11. The molecular weight excluding hydrogens is 360 g/mol. The van der Waals surface area contributed by atoms with E-state index in [1.165, 1.54) is 17.3 Å². The van der Waals surface area contributed by atoms with E-state index in [1.807, 2.05) is 57.2 Å². The molecule has 0 aliphatic heterocycles. The summed E-state index contributed by atoms with van der Waals surface area (Å²) in [5, 5.41) is 8.05. The van der Waals surface area contributed by atoms with Gasteiger partial charge in [0.2, 0.25) is 5.89 Å². The van der Waals surface area contributed by atoms with Gasteiger partial charge in [-0.15, -0.1) is 22.0 Å². The van der Waals surface area contributed by atoms with Crippen LogP contribution >= 0.6 is 11.8 Å². The molecule has 0 radical (unpaired) electrons. The van der Waals surface area contributed by atoms with Gasteiger partial charge < -0.3 is 9.15 Å². The number of carbonyl (C=O) groups excluding carboxylic acids is 1. The summed E-state index contributed by atoms with van der Waals surface area (Å²) < 4.78 is 11.1. The summed E-state index contributed by atoms with van der Waals surface area (Å²) in [6.45, 7) is 7.83. The highest BCUT2D eigenvalue weighted by molar-refractivity contribution is 8.00. The molecule has 0 spiro atoms. The van der Waals surface area contributed by atoms with E-state index >= 15 is 0 Å². The van der Waals surface area contributed by atoms with Gasteiger partial charge in [0, 0.05) is 10.5 Å². The van der Waals surface area contributed by atoms with Crippen LogP contribution in [0.15, 0.2) is 51.8 Å². The minimum Gasteiger partial charge on any atom is -0.452 e. The van der Waals surface area contributed by atoms with Crippen LogP contribution in [0, 0.1) is 20.8 Å². The molecule has 0 saturated carbocycles. The highest BCUT2D eigenvalue weighted by Gasteiger charge is 2.19. The van der Waals surface area contributed by atoms with Gasteiger partial charge in [0.25, 0.3) is 5.89 Å². The first-order valence-corrected chi connectivity index (χ1v) is 9.71. The molecule has 0 fully saturated rings. The van der Waals surface area contributed by atoms with Gasteiger partial charge in [-0.25, -0.2) is 0 Å². The average Bonchev–Trinajstić information content (AvgIpc) is 3.12. The second-order valence-corrected chi connectivity index (χ2v) is 7.52. The minimum absolute atomic E-state index is 0.229. The maximum atomic E-state index is 12.2. The highest BCUT2D eigenvalue weighted by Crippen LogP contribution is 2.25. The SMILES string of the molecule is Cc1ccc(-c2nnc([C@H](C)OC(=O)CSc3ccc(C)cc3C)o2)cc1. The number of ether oxygens (including phenoxy) is 1. The van der Waals surface area contributed by atoms with Crippen molar-refractivity contribution in [1.82, 2.24) is 10.2 Å². The van der Waals surface area contributed by atoms with Gasteiger partial charge in [0.05, 0.1) is 5.75 Å². The molecule has 27 heavy (non-hydrogen) atoms. The van der Waals surface area contributed by atoms with Gasteiger partial charge in [-0.2, -0.15) is 0 Å². The Hall–Kier alpha value is -2.60. The van der Waals surface area contributed by atoms with Crippen molar-refractivity contribution < 1.29 is 13.9 Å². The number of esters is 1. The fraction of sp³-hybridized carbons (Fsp3) is 0.286. The van der Waals surface area contributed by atoms with Gasteiger partial charge in [-0.05, 0) is 51.5 Å². The van der Waals surface area contributed by atoms with Gasteiger partial charge in [0.15, 0.2) is 6.10 Å². The molecule has 0 aliphatic rings. The van der Waals surface area contributed by atoms with E-state index in [1.54, 1.807) is 6.92 Å². The first kappa shape index (κ1) is 19.2. The van der Waals surface area contributed by atoms with Gasteiger partial charge in [0.1, 0.15) is 0 Å². The molecule has 3 rings (SSSR count). The summed E-state index contributed by atoms with van der Waals surface area (Å²) in [7, 11) is 0. The molecule has 1 aromatic heterocycles. The zero-order valence-corrected chi connectivity index (χ0v) is 16.7. The Labute approximate surface area is 163 Å². The van der Waals surface area contributed by atoms with Gasteiger partial charge in [-0.1, -0.05) is 35.4 Å². The molecule has 2 aromatic carbocycles. The molecule has 0 amide bonds. The van der Waals surface area contributed by atoms with Crippen LogP contribution < -0.4 is 0 Å². The van der Waals surface area contributed by atoms with Crippen LogP contribution in [-0.2, 0) is 9.53 Å². The van der Waals surface area contributed by atoms with Crippen LogP contribution in [-0.4, -0.2) is 21.9 Å². The van der Waals surface area contributed by atoms with Crippen molar-refractivity contribution in [1.29, 1.82) is 0 Å². The van der Waals surface area contributed by atoms with Crippen molar-refractivity contribution >= 4 is 17.7 Å². The number of aromatic nitrogens is 2. The van der Waals surface area contributed by atoms with Crippen molar-refractivity contribution in [2.45, 2.75) is 38.7 Å². The summed E-state index contributed by atoms with van der Waals surface area (Å²) in [6.07, 6.45) is -0.594. The lowest BCUT2D eigenvalue weighted by atomic mass is 10.1. The lowest BCUT2D eigenvalue weighted by molar-refractivity contribution is -0.146. The van der Waals surface area contributed by atoms with E-state index in [9.17, 15) is 4.79 Å². The molecule has 140 valence electrons. The second kappa shape index (κ2) is 8.39. The third-order valence-electron chi connectivity index (χ3n) is 4.07. The highest BCUT2D eigenvalue weighted by atomic mass is 32.2. The third-order valence-corrected chi connectivity index (χ3v) is 5.22. The fourth-order valence-corrected chi connectivity index (χ4v) is 3.38. The number of benzene rings is 2. The maximum absolute atomic E-state index is 12.2. The third kappa shape index (κ3) is 4.98. The van der Waals surface area contributed by atoms with Crippen molar-refractivity contribution in [3.8, 4) is 11.5 Å². The number of thioether (sulfide) groups is 1. The molecule has 3 aromatic rings. The van der Waals surface area contributed by atoms with E-state index < -0.39 is 6.10 Å². The molecule has 5 nitrogen and oxygen atoms in total. The van der Waals surface area contributed by atoms with E-state index in [-0.39, 0.29) is 17.6 Å². The van der Waals surface area contributed by atoms with Crippen molar-refractivity contribution in [3.63, 3.8) is 0 Å². The predicted octanol–water partition coefficient (Wildman–Crippen LogP) is 5.06. The zero-order chi connectivity index (χ0) is 19.4.